The highest BCUT2D eigenvalue weighted by molar-refractivity contribution is 7.92. The molecule has 2 aromatic rings. The Labute approximate surface area is 189 Å². The minimum absolute atomic E-state index is 0.0363. The number of phenolic OH excluding ortho intramolecular Hbond substituents is 1. The summed E-state index contributed by atoms with van der Waals surface area (Å²) < 4.78 is 30.9. The molecule has 168 valence electrons. The predicted molar refractivity (Wildman–Crippen MR) is 127 cm³/mol. The zero-order valence-electron chi connectivity index (χ0n) is 18.6. The molecule has 3 heterocycles. The van der Waals surface area contributed by atoms with E-state index in [-0.39, 0.29) is 12.1 Å². The summed E-state index contributed by atoms with van der Waals surface area (Å²) in [4.78, 5) is 4.51. The van der Waals surface area contributed by atoms with Crippen LogP contribution in [0.25, 0.3) is 11.6 Å². The summed E-state index contributed by atoms with van der Waals surface area (Å²) in [6.07, 6.45) is 4.57. The molecule has 0 saturated carbocycles. The van der Waals surface area contributed by atoms with Gasteiger partial charge in [0, 0.05) is 12.5 Å². The maximum absolute atomic E-state index is 12.5. The number of sulfone groups is 1. The molecule has 0 aliphatic carbocycles. The Balaban J connectivity index is 1.65. The second kappa shape index (κ2) is 8.85. The van der Waals surface area contributed by atoms with Crippen molar-refractivity contribution in [1.82, 2.24) is 4.98 Å². The van der Waals surface area contributed by atoms with Gasteiger partial charge in [0.05, 0.1) is 22.8 Å². The van der Waals surface area contributed by atoms with Crippen LogP contribution in [0.4, 0.5) is 0 Å². The maximum atomic E-state index is 12.5. The highest BCUT2D eigenvalue weighted by Crippen LogP contribution is 2.40. The van der Waals surface area contributed by atoms with Crippen LogP contribution in [0, 0.1) is 13.8 Å². The van der Waals surface area contributed by atoms with E-state index < -0.39 is 28.3 Å². The predicted octanol–water partition coefficient (Wildman–Crippen LogP) is 3.72. The number of phenols is 1. The molecule has 2 N–H and O–H groups in total. The lowest BCUT2D eigenvalue weighted by atomic mass is 9.74. The van der Waals surface area contributed by atoms with E-state index in [4.69, 9.17) is 4.65 Å². The lowest BCUT2D eigenvalue weighted by Crippen LogP contribution is -2.41. The average Bonchev–Trinajstić information content (AvgIpc) is 2.97. The molecule has 32 heavy (non-hydrogen) atoms. The van der Waals surface area contributed by atoms with Gasteiger partial charge in [-0.1, -0.05) is 11.6 Å². The number of hydrogen-bond acceptors (Lipinski definition) is 6. The van der Waals surface area contributed by atoms with Crippen LogP contribution in [-0.4, -0.2) is 47.8 Å². The van der Waals surface area contributed by atoms with Gasteiger partial charge in [-0.2, -0.15) is 0 Å². The number of rotatable bonds is 5. The van der Waals surface area contributed by atoms with Gasteiger partial charge in [0.1, 0.15) is 5.75 Å². The van der Waals surface area contributed by atoms with Crippen molar-refractivity contribution >= 4 is 28.6 Å². The van der Waals surface area contributed by atoms with Crippen LogP contribution in [0.3, 0.4) is 0 Å². The minimum Gasteiger partial charge on any atom is -0.507 e. The smallest absolute Gasteiger partial charge is 0.456 e. The molecule has 2 aliphatic rings. The van der Waals surface area contributed by atoms with Gasteiger partial charge >= 0.3 is 7.12 Å². The first-order valence-electron chi connectivity index (χ1n) is 10.8. The summed E-state index contributed by atoms with van der Waals surface area (Å²) in [5.41, 5.74) is 6.01. The summed E-state index contributed by atoms with van der Waals surface area (Å²) in [5, 5.41) is 19.6. The third-order valence-electron chi connectivity index (χ3n) is 6.30. The molecule has 2 atom stereocenters. The Morgan fingerprint density at radius 3 is 2.62 bits per heavy atom. The third kappa shape index (κ3) is 4.53. The quantitative estimate of drug-likeness (QED) is 0.529. The summed E-state index contributed by atoms with van der Waals surface area (Å²) in [6, 6.07) is 9.59. The van der Waals surface area contributed by atoms with Gasteiger partial charge in [-0.3, -0.25) is 4.98 Å². The van der Waals surface area contributed by atoms with Gasteiger partial charge in [-0.15, -0.1) is 0 Å². The number of pyridine rings is 1. The second-order valence-electron chi connectivity index (χ2n) is 8.77. The van der Waals surface area contributed by atoms with Crippen LogP contribution < -0.4 is 0 Å². The zero-order valence-corrected chi connectivity index (χ0v) is 19.4. The van der Waals surface area contributed by atoms with Gasteiger partial charge in [0.2, 0.25) is 0 Å². The number of aromatic nitrogens is 1. The number of benzene rings is 1. The summed E-state index contributed by atoms with van der Waals surface area (Å²) in [5.74, 6) is 0.330. The molecule has 1 aromatic carbocycles. The fraction of sp³-hybridized carbons (Fsp3) is 0.375. The summed E-state index contributed by atoms with van der Waals surface area (Å²) >= 11 is 0. The van der Waals surface area contributed by atoms with Crippen molar-refractivity contribution in [2.45, 2.75) is 51.3 Å². The van der Waals surface area contributed by atoms with E-state index in [1.807, 2.05) is 57.2 Å². The van der Waals surface area contributed by atoms with E-state index >= 15 is 0 Å². The zero-order chi connectivity index (χ0) is 23.0. The molecule has 0 amide bonds. The van der Waals surface area contributed by atoms with E-state index in [1.54, 1.807) is 6.20 Å². The van der Waals surface area contributed by atoms with E-state index in [9.17, 15) is 18.5 Å². The Hall–Kier alpha value is -2.42. The van der Waals surface area contributed by atoms with Crippen LogP contribution in [0.2, 0.25) is 6.32 Å². The number of allylic oxidation sites excluding steroid dienone is 1. The molecule has 8 heteroatoms. The molecule has 2 aliphatic heterocycles. The fourth-order valence-corrected chi connectivity index (χ4v) is 6.99. The maximum Gasteiger partial charge on any atom is 0.456 e. The highest BCUT2D eigenvalue weighted by Gasteiger charge is 2.47. The largest absolute Gasteiger partial charge is 0.507 e. The van der Waals surface area contributed by atoms with Crippen molar-refractivity contribution < 1.29 is 23.2 Å². The monoisotopic (exact) mass is 453 g/mol. The van der Waals surface area contributed by atoms with E-state index in [1.165, 1.54) is 0 Å². The number of aromatic hydroxyl groups is 1. The van der Waals surface area contributed by atoms with Crippen LogP contribution >= 0.6 is 0 Å². The molecule has 1 aromatic heterocycles. The average molecular weight is 453 g/mol. The topological polar surface area (TPSA) is 96.7 Å². The number of hydrogen-bond donors (Lipinski definition) is 2. The summed E-state index contributed by atoms with van der Waals surface area (Å²) in [7, 11) is -4.36. The SMILES string of the molecule is CC1=C2[C@@H](CC/C(=C/c3cc(C)c(O)c(C)c3)c3ccccn3)OB(O)C[C@@H]2S(=O)(=O)C1. The normalized spacial score (nSPS) is 22.9. The van der Waals surface area contributed by atoms with E-state index in [0.717, 1.165) is 39.1 Å². The fourth-order valence-electron chi connectivity index (χ4n) is 4.82. The second-order valence-corrected chi connectivity index (χ2v) is 11.0. The first-order valence-corrected chi connectivity index (χ1v) is 12.5. The van der Waals surface area contributed by atoms with Crippen molar-refractivity contribution in [3.8, 4) is 5.75 Å². The lowest BCUT2D eigenvalue weighted by molar-refractivity contribution is 0.171. The van der Waals surface area contributed by atoms with Gasteiger partial charge in [-0.05, 0) is 91.8 Å². The minimum atomic E-state index is -3.28. The van der Waals surface area contributed by atoms with Crippen molar-refractivity contribution in [1.29, 1.82) is 0 Å². The molecule has 6 nitrogen and oxygen atoms in total. The Bertz CT molecular complexity index is 1170. The molecule has 0 unspecified atom stereocenters. The molecule has 0 bridgehead atoms. The standard InChI is InChI=1S/C24H28BNO5S/c1-15-10-18(11-16(2)24(15)27)12-19(20-6-4-5-9-26-20)7-8-21-23-17(3)14-32(29,30)22(23)13-25(28)31-21/h4-6,9-12,21-22,27-28H,7-8,13-14H2,1-3H3/b19-12-/t21-,22+/m1/s1. The third-order valence-corrected chi connectivity index (χ3v) is 8.45. The van der Waals surface area contributed by atoms with E-state index in [0.29, 0.717) is 18.6 Å². The molecule has 0 spiro atoms. The lowest BCUT2D eigenvalue weighted by Gasteiger charge is -2.31. The van der Waals surface area contributed by atoms with Crippen LogP contribution in [0.5, 0.6) is 5.75 Å². The van der Waals surface area contributed by atoms with Gasteiger partial charge in [-0.25, -0.2) is 8.42 Å². The van der Waals surface area contributed by atoms with Gasteiger partial charge in [0.25, 0.3) is 0 Å². The number of fused-ring (bicyclic) bond motifs is 1. The molecule has 1 saturated heterocycles. The Morgan fingerprint density at radius 2 is 1.97 bits per heavy atom. The van der Waals surface area contributed by atoms with Crippen molar-refractivity contribution in [2.75, 3.05) is 5.75 Å². The van der Waals surface area contributed by atoms with Crippen LogP contribution in [-0.2, 0) is 14.5 Å². The number of nitrogens with zero attached hydrogens (tertiary/aromatic N) is 1. The molecule has 1 fully saturated rings. The van der Waals surface area contributed by atoms with Crippen molar-refractivity contribution in [2.24, 2.45) is 0 Å². The van der Waals surface area contributed by atoms with E-state index in [2.05, 4.69) is 4.98 Å². The van der Waals surface area contributed by atoms with Crippen LogP contribution in [0.1, 0.15) is 42.1 Å². The molecular weight excluding hydrogens is 425 g/mol. The molecular formula is C24H28BNO5S. The summed E-state index contributed by atoms with van der Waals surface area (Å²) in [6.45, 7) is 5.58. The molecule has 4 rings (SSSR count). The van der Waals surface area contributed by atoms with Gasteiger partial charge < -0.3 is 14.8 Å². The first kappa shape index (κ1) is 22.8. The Kier molecular flexibility index (Phi) is 6.29. The van der Waals surface area contributed by atoms with Gasteiger partial charge in [0.15, 0.2) is 9.84 Å². The first-order chi connectivity index (χ1) is 15.2. The Morgan fingerprint density at radius 1 is 1.25 bits per heavy atom. The number of aryl methyl sites for hydroxylation is 2. The highest BCUT2D eigenvalue weighted by atomic mass is 32.2. The van der Waals surface area contributed by atoms with Crippen LogP contribution in [0.15, 0.2) is 47.7 Å². The van der Waals surface area contributed by atoms with Crippen molar-refractivity contribution in [3.05, 3.63) is 70.1 Å². The van der Waals surface area contributed by atoms with Crippen molar-refractivity contribution in [3.63, 3.8) is 0 Å². The molecule has 0 radical (unpaired) electrons.